The second kappa shape index (κ2) is 7.33. The largest absolute Gasteiger partial charge is 0.449 e. The Balaban J connectivity index is 2.13. The van der Waals surface area contributed by atoms with Gasteiger partial charge in [0.25, 0.3) is 0 Å². The number of alkyl halides is 3. The Morgan fingerprint density at radius 2 is 2.17 bits per heavy atom. The topological polar surface area (TPSA) is 60.2 Å². The average molecular weight is 342 g/mol. The molecule has 2 heterocycles. The number of carbonyl (C=O) groups is 1. The molecule has 0 aliphatic rings. The highest BCUT2D eigenvalue weighted by Crippen LogP contribution is 2.23. The lowest BCUT2D eigenvalue weighted by Gasteiger charge is -2.19. The summed E-state index contributed by atoms with van der Waals surface area (Å²) in [7, 11) is 0. The number of anilines is 1. The van der Waals surface area contributed by atoms with Crippen molar-refractivity contribution >= 4 is 11.8 Å². The van der Waals surface area contributed by atoms with E-state index in [1.165, 1.54) is 4.90 Å². The van der Waals surface area contributed by atoms with E-state index in [0.29, 0.717) is 17.1 Å². The van der Waals surface area contributed by atoms with Crippen LogP contribution in [0.25, 0.3) is 5.69 Å². The molecule has 9 heteroatoms. The predicted octanol–water partition coefficient (Wildman–Crippen LogP) is 3.49. The van der Waals surface area contributed by atoms with Crippen molar-refractivity contribution < 1.29 is 22.7 Å². The van der Waals surface area contributed by atoms with E-state index in [1.54, 1.807) is 49.3 Å². The number of hydrogen-bond donors (Lipinski definition) is 0. The van der Waals surface area contributed by atoms with E-state index in [-0.39, 0.29) is 6.54 Å². The number of nitrogens with zero attached hydrogens (tertiary/aromatic N) is 4. The maximum atomic E-state index is 12.1. The Kier molecular flexibility index (Phi) is 5.42. The first-order valence-electron chi connectivity index (χ1n) is 7.29. The maximum Gasteiger partial charge on any atom is 0.414 e. The lowest BCUT2D eigenvalue weighted by atomic mass is 10.3. The van der Waals surface area contributed by atoms with Crippen molar-refractivity contribution in [2.24, 2.45) is 0 Å². The van der Waals surface area contributed by atoms with Gasteiger partial charge in [0.05, 0.1) is 35.9 Å². The number of amides is 1. The predicted molar refractivity (Wildman–Crippen MR) is 81.1 cm³/mol. The molecule has 2 rings (SSSR count). The SMILES string of the molecule is CCN(C(=O)OCCC(F)(F)F)c1cn(-c2cccnc2)nc1C. The third-order valence-corrected chi connectivity index (χ3v) is 3.22. The first-order valence-corrected chi connectivity index (χ1v) is 7.29. The van der Waals surface area contributed by atoms with Crippen LogP contribution in [0.3, 0.4) is 0 Å². The summed E-state index contributed by atoms with van der Waals surface area (Å²) in [4.78, 5) is 17.3. The van der Waals surface area contributed by atoms with Crippen molar-refractivity contribution in [1.82, 2.24) is 14.8 Å². The van der Waals surface area contributed by atoms with Gasteiger partial charge in [0.15, 0.2) is 0 Å². The van der Waals surface area contributed by atoms with Gasteiger partial charge in [-0.1, -0.05) is 0 Å². The molecule has 24 heavy (non-hydrogen) atoms. The first kappa shape index (κ1) is 17.8. The molecular weight excluding hydrogens is 325 g/mol. The highest BCUT2D eigenvalue weighted by atomic mass is 19.4. The molecule has 0 atom stereocenters. The van der Waals surface area contributed by atoms with Crippen molar-refractivity contribution in [2.75, 3.05) is 18.1 Å². The van der Waals surface area contributed by atoms with E-state index in [2.05, 4.69) is 10.1 Å². The molecule has 2 aromatic heterocycles. The van der Waals surface area contributed by atoms with Crippen molar-refractivity contribution in [3.63, 3.8) is 0 Å². The molecule has 0 unspecified atom stereocenters. The van der Waals surface area contributed by atoms with Gasteiger partial charge in [-0.15, -0.1) is 0 Å². The molecule has 0 aliphatic heterocycles. The highest BCUT2D eigenvalue weighted by Gasteiger charge is 2.28. The summed E-state index contributed by atoms with van der Waals surface area (Å²) in [6.45, 7) is 2.93. The van der Waals surface area contributed by atoms with E-state index in [4.69, 9.17) is 4.74 Å². The summed E-state index contributed by atoms with van der Waals surface area (Å²) in [6, 6.07) is 3.54. The molecule has 0 saturated heterocycles. The van der Waals surface area contributed by atoms with Gasteiger partial charge in [0.1, 0.15) is 6.61 Å². The molecule has 0 saturated carbocycles. The molecule has 0 fully saturated rings. The zero-order chi connectivity index (χ0) is 17.7. The third-order valence-electron chi connectivity index (χ3n) is 3.22. The number of pyridine rings is 1. The van der Waals surface area contributed by atoms with Crippen LogP contribution in [0.2, 0.25) is 0 Å². The standard InChI is InChI=1S/C15H17F3N4O2/c1-3-21(14(23)24-8-6-15(16,17)18)13-10-22(20-11(13)2)12-5-4-7-19-9-12/h4-5,7,9-10H,3,6,8H2,1-2H3. The van der Waals surface area contributed by atoms with E-state index >= 15 is 0 Å². The first-order chi connectivity index (χ1) is 11.3. The van der Waals surface area contributed by atoms with Crippen LogP contribution in [0.5, 0.6) is 0 Å². The van der Waals surface area contributed by atoms with Gasteiger partial charge in [-0.25, -0.2) is 9.48 Å². The second-order valence-corrected chi connectivity index (χ2v) is 4.98. The van der Waals surface area contributed by atoms with Crippen molar-refractivity contribution in [1.29, 1.82) is 0 Å². The average Bonchev–Trinajstić information content (AvgIpc) is 2.90. The number of carbonyl (C=O) groups excluding carboxylic acids is 1. The zero-order valence-corrected chi connectivity index (χ0v) is 13.2. The number of ether oxygens (including phenoxy) is 1. The third kappa shape index (κ3) is 4.46. The van der Waals surface area contributed by atoms with Gasteiger partial charge in [-0.2, -0.15) is 18.3 Å². The Bertz CT molecular complexity index is 686. The van der Waals surface area contributed by atoms with Crippen LogP contribution in [-0.4, -0.2) is 40.2 Å². The Morgan fingerprint density at radius 1 is 1.42 bits per heavy atom. The lowest BCUT2D eigenvalue weighted by Crippen LogP contribution is -2.32. The van der Waals surface area contributed by atoms with E-state index < -0.39 is 25.3 Å². The smallest absolute Gasteiger partial charge is 0.414 e. The molecule has 0 bridgehead atoms. The van der Waals surface area contributed by atoms with E-state index in [9.17, 15) is 18.0 Å². The van der Waals surface area contributed by atoms with E-state index in [0.717, 1.165) is 0 Å². The van der Waals surface area contributed by atoms with E-state index in [1.807, 2.05) is 0 Å². The number of hydrogen-bond acceptors (Lipinski definition) is 4. The van der Waals surface area contributed by atoms with Crippen LogP contribution in [-0.2, 0) is 4.74 Å². The number of rotatable bonds is 5. The van der Waals surface area contributed by atoms with Crippen molar-refractivity contribution in [3.05, 3.63) is 36.4 Å². The summed E-state index contributed by atoms with van der Waals surface area (Å²) in [5.41, 5.74) is 1.72. The van der Waals surface area contributed by atoms with Crippen LogP contribution in [0.1, 0.15) is 19.0 Å². The van der Waals surface area contributed by atoms with Gasteiger partial charge >= 0.3 is 12.3 Å². The van der Waals surface area contributed by atoms with Crippen LogP contribution in [0.15, 0.2) is 30.7 Å². The Labute approximate surface area is 136 Å². The molecule has 130 valence electrons. The number of aromatic nitrogens is 3. The Hall–Kier alpha value is -2.58. The van der Waals surface area contributed by atoms with Crippen LogP contribution >= 0.6 is 0 Å². The van der Waals surface area contributed by atoms with Gasteiger partial charge < -0.3 is 4.74 Å². The summed E-state index contributed by atoms with van der Waals surface area (Å²) in [5, 5.41) is 4.30. The summed E-state index contributed by atoms with van der Waals surface area (Å²) in [5.74, 6) is 0. The number of aryl methyl sites for hydroxylation is 1. The quantitative estimate of drug-likeness (QED) is 0.834. The molecule has 1 amide bonds. The van der Waals surface area contributed by atoms with Crippen LogP contribution < -0.4 is 4.90 Å². The minimum atomic E-state index is -4.36. The van der Waals surface area contributed by atoms with Gasteiger partial charge in [-0.05, 0) is 26.0 Å². The van der Waals surface area contributed by atoms with Crippen molar-refractivity contribution in [2.45, 2.75) is 26.4 Å². The molecular formula is C15H17F3N4O2. The number of halogens is 3. The van der Waals surface area contributed by atoms with Crippen LogP contribution in [0.4, 0.5) is 23.7 Å². The minimum absolute atomic E-state index is 0.241. The molecule has 0 aromatic carbocycles. The van der Waals surface area contributed by atoms with Gasteiger partial charge in [0, 0.05) is 12.7 Å². The highest BCUT2D eigenvalue weighted by molar-refractivity contribution is 5.88. The normalized spacial score (nSPS) is 11.4. The zero-order valence-electron chi connectivity index (χ0n) is 13.2. The molecule has 2 aromatic rings. The van der Waals surface area contributed by atoms with Crippen molar-refractivity contribution in [3.8, 4) is 5.69 Å². The summed E-state index contributed by atoms with van der Waals surface area (Å²) < 4.78 is 42.7. The van der Waals surface area contributed by atoms with Gasteiger partial charge in [0.2, 0.25) is 0 Å². The lowest BCUT2D eigenvalue weighted by molar-refractivity contribution is -0.141. The second-order valence-electron chi connectivity index (χ2n) is 4.98. The molecule has 0 aliphatic carbocycles. The monoisotopic (exact) mass is 342 g/mol. The molecule has 0 N–H and O–H groups in total. The Morgan fingerprint density at radius 3 is 2.75 bits per heavy atom. The fourth-order valence-electron chi connectivity index (χ4n) is 2.07. The van der Waals surface area contributed by atoms with Crippen LogP contribution in [0, 0.1) is 6.92 Å². The fraction of sp³-hybridized carbons (Fsp3) is 0.400. The molecule has 6 nitrogen and oxygen atoms in total. The maximum absolute atomic E-state index is 12.1. The fourth-order valence-corrected chi connectivity index (χ4v) is 2.07. The molecule has 0 radical (unpaired) electrons. The summed E-state index contributed by atoms with van der Waals surface area (Å²) >= 11 is 0. The summed E-state index contributed by atoms with van der Waals surface area (Å²) in [6.07, 6.45) is -1.54. The van der Waals surface area contributed by atoms with Gasteiger partial charge in [-0.3, -0.25) is 9.88 Å². The molecule has 0 spiro atoms. The minimum Gasteiger partial charge on any atom is -0.449 e.